The van der Waals surface area contributed by atoms with Gasteiger partial charge in [-0.3, -0.25) is 0 Å². The second-order valence-corrected chi connectivity index (χ2v) is 43.6. The highest BCUT2D eigenvalue weighted by Crippen LogP contribution is 2.57. The zero-order chi connectivity index (χ0) is 90.6. The highest BCUT2D eigenvalue weighted by atomic mass is 31.2. The molecule has 0 fully saturated rings. The number of carboxylic acids is 4. The topological polar surface area (TPSA) is 161 Å². The molecule has 0 amide bonds. The molecule has 0 heterocycles. The molecule has 648 valence electrons. The van der Waals surface area contributed by atoms with Crippen molar-refractivity contribution < 1.29 is 39.6 Å². The third-order valence-corrected chi connectivity index (χ3v) is 38.4. The van der Waals surface area contributed by atoms with Crippen LogP contribution in [0.2, 0.25) is 0 Å². The Morgan fingerprint density at radius 1 is 0.148 bits per heavy atom. The van der Waals surface area contributed by atoms with Crippen molar-refractivity contribution in [2.75, 3.05) is 0 Å². The molecule has 16 rings (SSSR count). The van der Waals surface area contributed by atoms with E-state index in [2.05, 4.69) is 485 Å². The molecule has 0 atom stereocenters. The first kappa shape index (κ1) is 98.9. The largest absolute Gasteiger partial charge is 0.550 e. The van der Waals surface area contributed by atoms with E-state index in [0.29, 0.717) is 0 Å². The number of benzene rings is 16. The van der Waals surface area contributed by atoms with Crippen molar-refractivity contribution in [2.24, 2.45) is 0 Å². The van der Waals surface area contributed by atoms with Crippen LogP contribution in [0.3, 0.4) is 0 Å². The summed E-state index contributed by atoms with van der Waals surface area (Å²) >= 11 is 0. The number of hydrogen-bond acceptors (Lipinski definition) is 8. The summed E-state index contributed by atoms with van der Waals surface area (Å²) in [6.07, 6.45) is 7.47. The number of hydrogen-bond donors (Lipinski definition) is 0. The van der Waals surface area contributed by atoms with Gasteiger partial charge in [-0.2, -0.15) is 0 Å². The Morgan fingerprint density at radius 2 is 0.219 bits per heavy atom. The lowest BCUT2D eigenvalue weighted by Crippen LogP contribution is -2.38. The second kappa shape index (κ2) is 54.9. The van der Waals surface area contributed by atoms with Crippen LogP contribution in [0.15, 0.2) is 485 Å². The highest BCUT2D eigenvalue weighted by Gasteiger charge is 2.51. The molecule has 128 heavy (non-hydrogen) atoms. The zero-order valence-corrected chi connectivity index (χ0v) is 77.3. The van der Waals surface area contributed by atoms with Crippen LogP contribution in [0.4, 0.5) is 0 Å². The number of aliphatic carboxylic acids is 4. The molecule has 16 aromatic rings. The lowest BCUT2D eigenvalue weighted by atomic mass is 10.3. The Bertz CT molecular complexity index is 4330. The Hall–Kier alpha value is -12.9. The summed E-state index contributed by atoms with van der Waals surface area (Å²) in [7, 11) is -7.62. The van der Waals surface area contributed by atoms with E-state index in [4.69, 9.17) is 0 Å². The summed E-state index contributed by atoms with van der Waals surface area (Å²) < 4.78 is 0. The number of carbonyl (C=O) groups excluding carboxylic acids is 4. The molecule has 0 bridgehead atoms. The van der Waals surface area contributed by atoms with Crippen molar-refractivity contribution in [1.29, 1.82) is 0 Å². The van der Waals surface area contributed by atoms with Crippen LogP contribution in [-0.2, 0) is 19.2 Å². The van der Waals surface area contributed by atoms with Gasteiger partial charge in [0.15, 0.2) is 0 Å². The van der Waals surface area contributed by atoms with E-state index < -0.39 is 52.9 Å². The molecule has 0 aliphatic carbocycles. The molecule has 0 unspecified atom stereocenters. The molecule has 0 aliphatic rings. The first-order chi connectivity index (χ1) is 62.8. The lowest BCUT2D eigenvalue weighted by molar-refractivity contribution is -0.307. The summed E-state index contributed by atoms with van der Waals surface area (Å²) in [4.78, 5) is 38.6. The maximum Gasteiger partial charge on any atom is 0.144 e. The summed E-state index contributed by atoms with van der Waals surface area (Å²) in [6.45, 7) is 7.79. The molecule has 0 aromatic heterocycles. The van der Waals surface area contributed by atoms with Gasteiger partial charge in [0.05, 0.1) is 0 Å². The Kier molecular flexibility index (Phi) is 42.4. The van der Waals surface area contributed by atoms with Crippen LogP contribution in [0.25, 0.3) is 0 Å². The smallest absolute Gasteiger partial charge is 0.144 e. The second-order valence-electron chi connectivity index (χ2n) is 30.0. The van der Waals surface area contributed by atoms with Gasteiger partial charge in [0, 0.05) is 23.9 Å². The Balaban J connectivity index is 0.000000175. The SMILES string of the molecule is CCCCC(=O)[O-].CCCCC(=O)[O-].CCCCC(=O)[O-].CCCCC(=O)[O-].c1ccc([P+](c2ccccc2)(c2ccccc2)c2ccccc2)cc1.c1ccc([P+](c2ccccc2)(c2ccccc2)c2ccccc2)cc1.c1ccc([P+](c2ccccc2)(c2ccccc2)c2ccccc2)cc1.c1ccc([P+](c2ccccc2)(c2ccccc2)c2ccccc2)cc1. The molecule has 0 N–H and O–H groups in total. The molecule has 0 spiro atoms. The van der Waals surface area contributed by atoms with E-state index in [1.54, 1.807) is 0 Å². The van der Waals surface area contributed by atoms with Gasteiger partial charge in [-0.15, -0.1) is 0 Å². The highest BCUT2D eigenvalue weighted by molar-refractivity contribution is 8.03. The van der Waals surface area contributed by atoms with E-state index >= 15 is 0 Å². The van der Waals surface area contributed by atoms with E-state index in [-0.39, 0.29) is 25.7 Å². The third kappa shape index (κ3) is 27.6. The van der Waals surface area contributed by atoms with Crippen LogP contribution < -0.4 is 105 Å². The maximum atomic E-state index is 9.65. The number of rotatable bonds is 28. The van der Waals surface area contributed by atoms with Gasteiger partial charge < -0.3 is 39.6 Å². The number of carboxylic acid groups (broad SMARTS) is 4. The molecule has 12 heteroatoms. The fraction of sp³-hybridized carbons (Fsp3) is 0.138. The van der Waals surface area contributed by atoms with Crippen LogP contribution >= 0.6 is 29.0 Å². The van der Waals surface area contributed by atoms with Gasteiger partial charge in [0.2, 0.25) is 0 Å². The molecule has 8 nitrogen and oxygen atoms in total. The number of carbonyl (C=O) groups is 4. The van der Waals surface area contributed by atoms with Gasteiger partial charge in [-0.25, -0.2) is 0 Å². The van der Waals surface area contributed by atoms with E-state index in [1.807, 2.05) is 27.7 Å². The van der Waals surface area contributed by atoms with Gasteiger partial charge in [0.25, 0.3) is 0 Å². The molecule has 16 aromatic carbocycles. The molecule has 0 saturated carbocycles. The molecular weight excluding hydrogens is 1650 g/mol. The van der Waals surface area contributed by atoms with E-state index in [0.717, 1.165) is 51.4 Å². The lowest BCUT2D eigenvalue weighted by Gasteiger charge is -2.27. The average Bonchev–Trinajstić information content (AvgIpc) is 0.756. The van der Waals surface area contributed by atoms with Crippen LogP contribution in [0.5, 0.6) is 0 Å². The first-order valence-corrected chi connectivity index (χ1v) is 51.2. The van der Waals surface area contributed by atoms with Crippen molar-refractivity contribution in [2.45, 2.75) is 105 Å². The quantitative estimate of drug-likeness (QED) is 0.0438. The summed E-state index contributed by atoms with van der Waals surface area (Å²) in [5, 5.41) is 60.8. The minimum Gasteiger partial charge on any atom is -0.550 e. The van der Waals surface area contributed by atoms with Gasteiger partial charge in [0.1, 0.15) is 114 Å². The minimum absolute atomic E-state index is 0.205. The normalized spacial score (nSPS) is 10.7. The van der Waals surface area contributed by atoms with Crippen molar-refractivity contribution in [3.05, 3.63) is 485 Å². The fourth-order valence-electron chi connectivity index (χ4n) is 15.3. The van der Waals surface area contributed by atoms with Crippen molar-refractivity contribution in [3.63, 3.8) is 0 Å². The van der Waals surface area contributed by atoms with E-state index in [9.17, 15) is 39.6 Å². The fourth-order valence-corrected chi connectivity index (χ4v) is 32.4. The van der Waals surface area contributed by atoms with Crippen LogP contribution in [0, 0.1) is 0 Å². The minimum atomic E-state index is -1.91. The summed E-state index contributed by atoms with van der Waals surface area (Å²) in [5.74, 6) is -3.77. The monoisotopic (exact) mass is 1760 g/mol. The van der Waals surface area contributed by atoms with Gasteiger partial charge >= 0.3 is 0 Å². The Labute approximate surface area is 762 Å². The summed E-state index contributed by atoms with van der Waals surface area (Å²) in [5.41, 5.74) is 0. The predicted octanol–water partition coefficient (Wildman–Crippen LogP) is 16.9. The first-order valence-electron chi connectivity index (χ1n) is 44.0. The zero-order valence-electron chi connectivity index (χ0n) is 73.7. The van der Waals surface area contributed by atoms with Gasteiger partial charge in [-0.1, -0.05) is 345 Å². The summed E-state index contributed by atoms with van der Waals surface area (Å²) in [6, 6.07) is 175. The maximum absolute atomic E-state index is 9.65. The standard InChI is InChI=1S/4C24H20P.4C5H10O2/c4*1-5-13-21(14-6-1)25(22-15-7-2-8-16-22,23-17-9-3-10-18-23)24-19-11-4-12-20-24;4*1-2-3-4-5(6)7/h4*1-20H;4*2-4H2,1H3,(H,6,7)/q4*+1;;;;/p-4. The predicted molar refractivity (Wildman–Crippen MR) is 543 cm³/mol. The van der Waals surface area contributed by atoms with Crippen molar-refractivity contribution >= 4 is 138 Å². The van der Waals surface area contributed by atoms with Crippen molar-refractivity contribution in [1.82, 2.24) is 0 Å². The molecule has 0 aliphatic heterocycles. The molecular formula is C116H116O8P4. The molecule has 0 radical (unpaired) electrons. The van der Waals surface area contributed by atoms with E-state index in [1.165, 1.54) is 84.9 Å². The number of unbranched alkanes of at least 4 members (excludes halogenated alkanes) is 4. The third-order valence-electron chi connectivity index (χ3n) is 21.2. The molecule has 0 saturated heterocycles. The van der Waals surface area contributed by atoms with Crippen molar-refractivity contribution in [3.8, 4) is 0 Å². The van der Waals surface area contributed by atoms with Crippen LogP contribution in [-0.4, -0.2) is 23.9 Å². The Morgan fingerprint density at radius 3 is 0.266 bits per heavy atom. The van der Waals surface area contributed by atoms with Crippen LogP contribution in [0.1, 0.15) is 105 Å². The average molecular weight is 1760 g/mol. The van der Waals surface area contributed by atoms with Gasteiger partial charge in [-0.05, 0) is 245 Å².